The highest BCUT2D eigenvalue weighted by atomic mass is 16.4. The summed E-state index contributed by atoms with van der Waals surface area (Å²) in [5.41, 5.74) is 11.2. The Kier molecular flexibility index (Phi) is 10.9. The lowest BCUT2D eigenvalue weighted by molar-refractivity contribution is -0.436. The average Bonchev–Trinajstić information content (AvgIpc) is 3.50. The van der Waals surface area contributed by atoms with E-state index in [2.05, 4.69) is 97.1 Å². The Morgan fingerprint density at radius 2 is 1.40 bits per heavy atom. The van der Waals surface area contributed by atoms with Gasteiger partial charge in [0.05, 0.1) is 18.3 Å². The molecule has 6 rings (SSSR count). The van der Waals surface area contributed by atoms with Crippen LogP contribution in [0.3, 0.4) is 0 Å². The SMILES string of the molecule is CC1(C)C(/C=C/C=C/C=C/C=C2/N(CCC(N)=O)c3ccc4ccccc4c3C2(C)C)=[N+](CCC(=O)NC(CC(=O)O)C(=O)O)c2ccc3ccccc3c21. The molecule has 5 N–H and O–H groups in total. The number of rotatable bonds is 14. The molecule has 2 aliphatic rings. The van der Waals surface area contributed by atoms with E-state index in [0.29, 0.717) is 6.54 Å². The summed E-state index contributed by atoms with van der Waals surface area (Å²) < 4.78 is 2.09. The molecule has 0 aromatic heterocycles. The van der Waals surface area contributed by atoms with Gasteiger partial charge in [-0.05, 0) is 59.2 Å². The first kappa shape index (κ1) is 38.4. The Bertz CT molecular complexity index is 2360. The number of aliphatic carboxylic acids is 2. The highest BCUT2D eigenvalue weighted by Gasteiger charge is 2.45. The average molecular weight is 740 g/mol. The molecule has 0 fully saturated rings. The van der Waals surface area contributed by atoms with Crippen molar-refractivity contribution in [2.75, 3.05) is 18.0 Å². The summed E-state index contributed by atoms with van der Waals surface area (Å²) >= 11 is 0. The summed E-state index contributed by atoms with van der Waals surface area (Å²) in [4.78, 5) is 49.7. The van der Waals surface area contributed by atoms with Gasteiger partial charge in [-0.25, -0.2) is 4.79 Å². The summed E-state index contributed by atoms with van der Waals surface area (Å²) in [5.74, 6) is -3.59. The van der Waals surface area contributed by atoms with E-state index in [-0.39, 0.29) is 30.7 Å². The van der Waals surface area contributed by atoms with Crippen molar-refractivity contribution in [2.24, 2.45) is 5.73 Å². The maximum absolute atomic E-state index is 12.9. The number of anilines is 1. The summed E-state index contributed by atoms with van der Waals surface area (Å²) in [6, 6.07) is 23.4. The molecule has 55 heavy (non-hydrogen) atoms. The van der Waals surface area contributed by atoms with Crippen molar-refractivity contribution in [1.82, 2.24) is 5.32 Å². The van der Waals surface area contributed by atoms with Crippen molar-refractivity contribution in [1.29, 1.82) is 0 Å². The third-order valence-corrected chi connectivity index (χ3v) is 10.6. The third-order valence-electron chi connectivity index (χ3n) is 10.6. The lowest BCUT2D eigenvalue weighted by atomic mass is 9.79. The number of fused-ring (bicyclic) bond motifs is 6. The largest absolute Gasteiger partial charge is 0.481 e. The van der Waals surface area contributed by atoms with E-state index in [0.717, 1.165) is 39.1 Å². The lowest BCUT2D eigenvalue weighted by Crippen LogP contribution is -2.42. The quantitative estimate of drug-likeness (QED) is 0.0801. The first-order chi connectivity index (χ1) is 26.2. The van der Waals surface area contributed by atoms with Crippen LogP contribution >= 0.6 is 0 Å². The Balaban J connectivity index is 1.26. The van der Waals surface area contributed by atoms with E-state index in [9.17, 15) is 24.3 Å². The van der Waals surface area contributed by atoms with Gasteiger partial charge in [0.25, 0.3) is 0 Å². The van der Waals surface area contributed by atoms with Gasteiger partial charge in [-0.15, -0.1) is 0 Å². The van der Waals surface area contributed by atoms with Gasteiger partial charge in [-0.3, -0.25) is 14.4 Å². The van der Waals surface area contributed by atoms with Crippen LogP contribution in [0.2, 0.25) is 0 Å². The molecule has 0 aliphatic carbocycles. The number of benzene rings is 4. The van der Waals surface area contributed by atoms with E-state index >= 15 is 0 Å². The molecular formula is C45H47N4O6+. The Morgan fingerprint density at radius 3 is 2.05 bits per heavy atom. The second-order valence-electron chi connectivity index (χ2n) is 15.0. The fourth-order valence-corrected chi connectivity index (χ4v) is 8.11. The monoisotopic (exact) mass is 739 g/mol. The molecule has 0 saturated carbocycles. The van der Waals surface area contributed by atoms with Crippen LogP contribution in [0.5, 0.6) is 0 Å². The molecule has 0 bridgehead atoms. The third kappa shape index (κ3) is 7.71. The molecule has 1 unspecified atom stereocenters. The van der Waals surface area contributed by atoms with Crippen LogP contribution in [0.4, 0.5) is 11.4 Å². The first-order valence-corrected chi connectivity index (χ1v) is 18.4. The fourth-order valence-electron chi connectivity index (χ4n) is 8.11. The van der Waals surface area contributed by atoms with E-state index in [1.807, 2.05) is 60.7 Å². The highest BCUT2D eigenvalue weighted by Crippen LogP contribution is 2.51. The van der Waals surface area contributed by atoms with Crippen molar-refractivity contribution in [2.45, 2.75) is 63.8 Å². The minimum absolute atomic E-state index is 0.0389. The van der Waals surface area contributed by atoms with Gasteiger partial charge in [0.1, 0.15) is 6.04 Å². The molecule has 1 atom stereocenters. The van der Waals surface area contributed by atoms with Gasteiger partial charge in [0.15, 0.2) is 12.3 Å². The standard InChI is InChI=1S/C45H46N4O6/c1-44(2)36(48(26-24-38(46)50)34-22-20-29-14-10-12-16-31(29)41(34)44)18-8-6-5-7-9-19-37-45(3,4)42-32-17-13-11-15-30(32)21-23-35(42)49(37)27-25-39(51)47-33(43(54)55)28-40(52)53/h5-23,33H,24-28H2,1-4H3,(H4-,46,47,50,51,52,53,54,55)/p+1. The number of nitrogens with two attached hydrogens (primary N) is 1. The topological polar surface area (TPSA) is 153 Å². The zero-order chi connectivity index (χ0) is 39.5. The fraction of sp³-hybridized carbons (Fsp3) is 0.267. The Morgan fingerprint density at radius 1 is 0.782 bits per heavy atom. The first-order valence-electron chi connectivity index (χ1n) is 18.4. The second-order valence-corrected chi connectivity index (χ2v) is 15.0. The number of nitrogens with one attached hydrogen (secondary N) is 1. The molecule has 2 aliphatic heterocycles. The lowest BCUT2D eigenvalue weighted by Gasteiger charge is -2.26. The Hall–Kier alpha value is -6.29. The van der Waals surface area contributed by atoms with Crippen molar-refractivity contribution in [3.05, 3.63) is 132 Å². The number of carboxylic acids is 2. The molecule has 2 heterocycles. The zero-order valence-electron chi connectivity index (χ0n) is 31.6. The van der Waals surface area contributed by atoms with E-state index in [1.165, 1.54) is 16.3 Å². The van der Waals surface area contributed by atoms with E-state index in [1.54, 1.807) is 0 Å². The second kappa shape index (κ2) is 15.6. The molecule has 2 amide bonds. The molecule has 282 valence electrons. The number of hydrogen-bond acceptors (Lipinski definition) is 5. The number of allylic oxidation sites excluding steroid dienone is 8. The molecule has 4 aromatic rings. The summed E-state index contributed by atoms with van der Waals surface area (Å²) in [7, 11) is 0. The minimum Gasteiger partial charge on any atom is -0.481 e. The van der Waals surface area contributed by atoms with Crippen LogP contribution in [0.15, 0.2) is 121 Å². The number of nitrogens with zero attached hydrogens (tertiary/aromatic N) is 2. The van der Waals surface area contributed by atoms with Gasteiger partial charge < -0.3 is 26.2 Å². The molecule has 0 spiro atoms. The molecule has 0 saturated heterocycles. The molecule has 10 heteroatoms. The summed E-state index contributed by atoms with van der Waals surface area (Å²) in [5, 5.41) is 25.5. The van der Waals surface area contributed by atoms with Crippen LogP contribution in [-0.2, 0) is 30.0 Å². The van der Waals surface area contributed by atoms with E-state index in [4.69, 9.17) is 10.8 Å². The van der Waals surface area contributed by atoms with Crippen molar-refractivity contribution < 1.29 is 34.0 Å². The van der Waals surface area contributed by atoms with Gasteiger partial charge in [-0.2, -0.15) is 4.58 Å². The number of amides is 2. The molecular weight excluding hydrogens is 693 g/mol. The number of carboxylic acid groups (broad SMARTS) is 2. The summed E-state index contributed by atoms with van der Waals surface area (Å²) in [6.45, 7) is 9.45. The highest BCUT2D eigenvalue weighted by molar-refractivity contribution is 6.07. The zero-order valence-corrected chi connectivity index (χ0v) is 31.6. The number of carbonyl (C=O) groups excluding carboxylic acids is 2. The predicted octanol–water partition coefficient (Wildman–Crippen LogP) is 7.03. The number of primary amides is 1. The van der Waals surface area contributed by atoms with Crippen molar-refractivity contribution >= 4 is 62.4 Å². The molecule has 10 nitrogen and oxygen atoms in total. The van der Waals surface area contributed by atoms with Gasteiger partial charge in [0.2, 0.25) is 17.5 Å². The number of carbonyl (C=O) groups is 4. The van der Waals surface area contributed by atoms with Crippen molar-refractivity contribution in [3.63, 3.8) is 0 Å². The Labute approximate surface area is 320 Å². The van der Waals surface area contributed by atoms with Crippen LogP contribution in [0.25, 0.3) is 21.5 Å². The minimum atomic E-state index is -1.51. The predicted molar refractivity (Wildman–Crippen MR) is 217 cm³/mol. The van der Waals surface area contributed by atoms with Crippen LogP contribution in [-0.4, -0.2) is 63.4 Å². The maximum Gasteiger partial charge on any atom is 0.326 e. The van der Waals surface area contributed by atoms with Crippen LogP contribution in [0, 0.1) is 0 Å². The van der Waals surface area contributed by atoms with Crippen LogP contribution in [0.1, 0.15) is 58.1 Å². The van der Waals surface area contributed by atoms with Gasteiger partial charge in [0, 0.05) is 47.5 Å². The van der Waals surface area contributed by atoms with E-state index < -0.39 is 35.7 Å². The molecule has 0 radical (unpaired) electrons. The maximum atomic E-state index is 12.9. The normalized spacial score (nSPS) is 17.2. The number of hydrogen-bond donors (Lipinski definition) is 4. The van der Waals surface area contributed by atoms with Gasteiger partial charge >= 0.3 is 11.9 Å². The van der Waals surface area contributed by atoms with Crippen molar-refractivity contribution in [3.8, 4) is 0 Å². The molecule has 4 aromatic carbocycles. The summed E-state index contributed by atoms with van der Waals surface area (Å²) in [6.07, 6.45) is 13.4. The van der Waals surface area contributed by atoms with Gasteiger partial charge in [-0.1, -0.05) is 98.8 Å². The van der Waals surface area contributed by atoms with Crippen LogP contribution < -0.4 is 16.0 Å². The smallest absolute Gasteiger partial charge is 0.326 e.